The standard InChI is InChI=1S/C23H18F2N2O2S/c1-14-8-9-19(12-20(14)25)27-21(28)13-30-23(27)16-5-3-7-18(11-16)26-22(29)15-4-2-6-17(24)10-15/h2-12,23H,13H2,1H3,(H,26,29). The van der Waals surface area contributed by atoms with Gasteiger partial charge in [0.05, 0.1) is 5.75 Å². The number of nitrogens with zero attached hydrogens (tertiary/aromatic N) is 1. The van der Waals surface area contributed by atoms with Crippen LogP contribution in [0.25, 0.3) is 0 Å². The molecule has 4 nitrogen and oxygen atoms in total. The minimum atomic E-state index is -0.488. The Kier molecular flexibility index (Phi) is 5.55. The zero-order valence-corrected chi connectivity index (χ0v) is 16.9. The lowest BCUT2D eigenvalue weighted by Gasteiger charge is -2.25. The largest absolute Gasteiger partial charge is 0.322 e. The molecule has 0 bridgehead atoms. The Labute approximate surface area is 176 Å². The van der Waals surface area contributed by atoms with E-state index in [9.17, 15) is 18.4 Å². The minimum absolute atomic E-state index is 0.109. The first-order chi connectivity index (χ1) is 14.4. The van der Waals surface area contributed by atoms with Gasteiger partial charge in [0.1, 0.15) is 17.0 Å². The van der Waals surface area contributed by atoms with Gasteiger partial charge in [0.25, 0.3) is 5.91 Å². The third kappa shape index (κ3) is 4.07. The van der Waals surface area contributed by atoms with Crippen molar-refractivity contribution in [2.45, 2.75) is 12.3 Å². The molecular formula is C23H18F2N2O2S. The molecule has 1 N–H and O–H groups in total. The van der Waals surface area contributed by atoms with Crippen LogP contribution in [0, 0.1) is 18.6 Å². The highest BCUT2D eigenvalue weighted by Gasteiger charge is 2.34. The fraction of sp³-hybridized carbons (Fsp3) is 0.130. The van der Waals surface area contributed by atoms with Crippen molar-refractivity contribution in [3.63, 3.8) is 0 Å². The number of carbonyl (C=O) groups excluding carboxylic acids is 2. The number of carbonyl (C=O) groups is 2. The van der Waals surface area contributed by atoms with Crippen LogP contribution in [0.4, 0.5) is 20.2 Å². The number of halogens is 2. The molecule has 1 saturated heterocycles. The Hall–Kier alpha value is -3.19. The molecule has 0 aliphatic carbocycles. The van der Waals surface area contributed by atoms with Gasteiger partial charge < -0.3 is 5.32 Å². The van der Waals surface area contributed by atoms with E-state index in [1.165, 1.54) is 42.1 Å². The molecule has 3 aromatic carbocycles. The Morgan fingerprint density at radius 2 is 1.87 bits per heavy atom. The molecule has 30 heavy (non-hydrogen) atoms. The molecule has 3 aromatic rings. The van der Waals surface area contributed by atoms with E-state index >= 15 is 0 Å². The summed E-state index contributed by atoms with van der Waals surface area (Å²) in [6, 6.07) is 17.3. The van der Waals surface area contributed by atoms with Gasteiger partial charge in [-0.1, -0.05) is 24.3 Å². The summed E-state index contributed by atoms with van der Waals surface area (Å²) in [5.74, 6) is -1.12. The van der Waals surface area contributed by atoms with Crippen molar-refractivity contribution in [1.29, 1.82) is 0 Å². The lowest BCUT2D eigenvalue weighted by atomic mass is 10.1. The zero-order valence-electron chi connectivity index (χ0n) is 16.1. The van der Waals surface area contributed by atoms with Crippen LogP contribution < -0.4 is 10.2 Å². The van der Waals surface area contributed by atoms with Crippen molar-refractivity contribution in [3.8, 4) is 0 Å². The van der Waals surface area contributed by atoms with Crippen LogP contribution in [0.1, 0.15) is 26.9 Å². The first kappa shape index (κ1) is 20.1. The van der Waals surface area contributed by atoms with Crippen LogP contribution in [0.5, 0.6) is 0 Å². The second-order valence-electron chi connectivity index (χ2n) is 6.95. The lowest BCUT2D eigenvalue weighted by Crippen LogP contribution is -2.28. The molecule has 2 amide bonds. The minimum Gasteiger partial charge on any atom is -0.322 e. The number of rotatable bonds is 4. The summed E-state index contributed by atoms with van der Waals surface area (Å²) in [6.07, 6.45) is 0. The number of aryl methyl sites for hydroxylation is 1. The van der Waals surface area contributed by atoms with E-state index in [4.69, 9.17) is 0 Å². The van der Waals surface area contributed by atoms with E-state index in [1.54, 1.807) is 42.2 Å². The van der Waals surface area contributed by atoms with E-state index < -0.39 is 11.7 Å². The maximum Gasteiger partial charge on any atom is 0.255 e. The number of amides is 2. The van der Waals surface area contributed by atoms with Gasteiger partial charge in [-0.3, -0.25) is 14.5 Å². The van der Waals surface area contributed by atoms with Gasteiger partial charge in [-0.05, 0) is 60.5 Å². The monoisotopic (exact) mass is 424 g/mol. The van der Waals surface area contributed by atoms with Crippen LogP contribution in [0.2, 0.25) is 0 Å². The third-order valence-electron chi connectivity index (χ3n) is 4.82. The smallest absolute Gasteiger partial charge is 0.255 e. The molecule has 0 radical (unpaired) electrons. The van der Waals surface area contributed by atoms with Gasteiger partial charge in [-0.15, -0.1) is 11.8 Å². The van der Waals surface area contributed by atoms with E-state index in [-0.39, 0.29) is 28.4 Å². The fourth-order valence-electron chi connectivity index (χ4n) is 3.28. The predicted molar refractivity (Wildman–Crippen MR) is 115 cm³/mol. The molecule has 4 rings (SSSR count). The summed E-state index contributed by atoms with van der Waals surface area (Å²) in [5, 5.41) is 2.41. The average molecular weight is 424 g/mol. The first-order valence-corrected chi connectivity index (χ1v) is 10.3. The first-order valence-electron chi connectivity index (χ1n) is 9.29. The highest BCUT2D eigenvalue weighted by atomic mass is 32.2. The van der Waals surface area contributed by atoms with Gasteiger partial charge >= 0.3 is 0 Å². The number of benzene rings is 3. The molecule has 0 saturated carbocycles. The average Bonchev–Trinajstić information content (AvgIpc) is 3.12. The van der Waals surface area contributed by atoms with Crippen LogP contribution in [-0.4, -0.2) is 17.6 Å². The Bertz CT molecular complexity index is 1140. The van der Waals surface area contributed by atoms with Crippen LogP contribution in [0.15, 0.2) is 66.7 Å². The van der Waals surface area contributed by atoms with Gasteiger partial charge in [-0.2, -0.15) is 0 Å². The zero-order chi connectivity index (χ0) is 21.3. The maximum atomic E-state index is 14.1. The van der Waals surface area contributed by atoms with Gasteiger partial charge in [0.15, 0.2) is 0 Å². The molecule has 1 unspecified atom stereocenters. The summed E-state index contributed by atoms with van der Waals surface area (Å²) >= 11 is 1.43. The van der Waals surface area contributed by atoms with Gasteiger partial charge in [0.2, 0.25) is 5.91 Å². The van der Waals surface area contributed by atoms with Gasteiger partial charge in [0, 0.05) is 16.9 Å². The summed E-state index contributed by atoms with van der Waals surface area (Å²) < 4.78 is 27.4. The van der Waals surface area contributed by atoms with Crippen molar-refractivity contribution in [3.05, 3.63) is 95.1 Å². The fourth-order valence-corrected chi connectivity index (χ4v) is 4.45. The Balaban J connectivity index is 1.60. The normalized spacial score (nSPS) is 16.0. The highest BCUT2D eigenvalue weighted by molar-refractivity contribution is 8.00. The number of nitrogens with one attached hydrogen (secondary N) is 1. The summed E-state index contributed by atoms with van der Waals surface area (Å²) in [5.41, 5.74) is 2.53. The second kappa shape index (κ2) is 8.28. The Morgan fingerprint density at radius 1 is 1.07 bits per heavy atom. The number of hydrogen-bond donors (Lipinski definition) is 1. The number of anilines is 2. The van der Waals surface area contributed by atoms with E-state index in [2.05, 4.69) is 5.32 Å². The maximum absolute atomic E-state index is 14.1. The summed E-state index contributed by atoms with van der Waals surface area (Å²) in [6.45, 7) is 1.67. The molecule has 0 spiro atoms. The Morgan fingerprint density at radius 3 is 2.63 bits per heavy atom. The highest BCUT2D eigenvalue weighted by Crippen LogP contribution is 2.42. The van der Waals surface area contributed by atoms with Crippen molar-refractivity contribution in [2.24, 2.45) is 0 Å². The molecule has 1 heterocycles. The van der Waals surface area contributed by atoms with Crippen LogP contribution in [0.3, 0.4) is 0 Å². The molecule has 1 atom stereocenters. The van der Waals surface area contributed by atoms with E-state index in [0.717, 1.165) is 5.56 Å². The molecule has 1 aliphatic rings. The quantitative estimate of drug-likeness (QED) is 0.618. The molecule has 152 valence electrons. The molecule has 0 aromatic heterocycles. The summed E-state index contributed by atoms with van der Waals surface area (Å²) in [7, 11) is 0. The number of thioether (sulfide) groups is 1. The SMILES string of the molecule is Cc1ccc(N2C(=O)CSC2c2cccc(NC(=O)c3cccc(F)c3)c2)cc1F. The van der Waals surface area contributed by atoms with Crippen molar-refractivity contribution in [2.75, 3.05) is 16.0 Å². The number of hydrogen-bond acceptors (Lipinski definition) is 3. The lowest BCUT2D eigenvalue weighted by molar-refractivity contribution is -0.115. The van der Waals surface area contributed by atoms with E-state index in [0.29, 0.717) is 16.9 Å². The van der Waals surface area contributed by atoms with Crippen molar-refractivity contribution >= 4 is 35.0 Å². The van der Waals surface area contributed by atoms with Crippen LogP contribution in [-0.2, 0) is 4.79 Å². The molecule has 7 heteroatoms. The van der Waals surface area contributed by atoms with Crippen molar-refractivity contribution in [1.82, 2.24) is 0 Å². The molecule has 1 fully saturated rings. The van der Waals surface area contributed by atoms with E-state index in [1.807, 2.05) is 6.07 Å². The topological polar surface area (TPSA) is 49.4 Å². The van der Waals surface area contributed by atoms with Gasteiger partial charge in [-0.25, -0.2) is 8.78 Å². The molecule has 1 aliphatic heterocycles. The predicted octanol–water partition coefficient (Wildman–Crippen LogP) is 5.30. The van der Waals surface area contributed by atoms with Crippen molar-refractivity contribution < 1.29 is 18.4 Å². The van der Waals surface area contributed by atoms with Crippen LogP contribution >= 0.6 is 11.8 Å². The second-order valence-corrected chi connectivity index (χ2v) is 8.02. The summed E-state index contributed by atoms with van der Waals surface area (Å²) in [4.78, 5) is 26.5. The third-order valence-corrected chi connectivity index (χ3v) is 6.03. The molecular weight excluding hydrogens is 406 g/mol.